The van der Waals surface area contributed by atoms with E-state index in [-0.39, 0.29) is 0 Å². The van der Waals surface area contributed by atoms with Crippen LogP contribution < -0.4 is 4.90 Å². The molecule has 0 aliphatic carbocycles. The summed E-state index contributed by atoms with van der Waals surface area (Å²) in [6.45, 7) is 0. The summed E-state index contributed by atoms with van der Waals surface area (Å²) in [5.41, 5.74) is 16.9. The summed E-state index contributed by atoms with van der Waals surface area (Å²) in [4.78, 5) is 2.35. The molecule has 11 aromatic carbocycles. The monoisotopic (exact) mass is 841 g/mol. The van der Waals surface area contributed by atoms with Crippen LogP contribution in [0.1, 0.15) is 0 Å². The zero-order valence-electron chi connectivity index (χ0n) is 36.2. The van der Waals surface area contributed by atoms with Crippen LogP contribution in [0.2, 0.25) is 0 Å². The van der Waals surface area contributed by atoms with Crippen molar-refractivity contribution in [2.75, 3.05) is 4.90 Å². The van der Waals surface area contributed by atoms with Crippen molar-refractivity contribution in [2.45, 2.75) is 0 Å². The van der Waals surface area contributed by atoms with Crippen molar-refractivity contribution in [1.29, 1.82) is 0 Å². The molecule has 0 amide bonds. The van der Waals surface area contributed by atoms with Gasteiger partial charge in [0.05, 0.1) is 0 Å². The molecule has 66 heavy (non-hydrogen) atoms. The van der Waals surface area contributed by atoms with E-state index in [4.69, 9.17) is 4.42 Å². The van der Waals surface area contributed by atoms with Crippen LogP contribution >= 0.6 is 0 Å². The first kappa shape index (κ1) is 38.9. The van der Waals surface area contributed by atoms with Gasteiger partial charge in [0, 0.05) is 33.6 Å². The van der Waals surface area contributed by atoms with Gasteiger partial charge in [0.2, 0.25) is 0 Å². The molecule has 0 N–H and O–H groups in total. The number of benzene rings is 11. The third-order valence-electron chi connectivity index (χ3n) is 12.9. The van der Waals surface area contributed by atoms with Crippen molar-refractivity contribution in [3.8, 4) is 67.0 Å². The highest BCUT2D eigenvalue weighted by Gasteiger charge is 2.19. The van der Waals surface area contributed by atoms with Crippen LogP contribution in [0.4, 0.5) is 17.1 Å². The van der Waals surface area contributed by atoms with Crippen LogP contribution in [0.3, 0.4) is 0 Å². The maximum atomic E-state index is 6.61. The van der Waals surface area contributed by atoms with E-state index < -0.39 is 0 Å². The molecule has 12 rings (SSSR count). The van der Waals surface area contributed by atoms with E-state index in [1.807, 2.05) is 6.07 Å². The predicted molar refractivity (Wildman–Crippen MR) is 279 cm³/mol. The number of hydrogen-bond donors (Lipinski definition) is 0. The first-order valence-electron chi connectivity index (χ1n) is 22.6. The van der Waals surface area contributed by atoms with Gasteiger partial charge in [-0.05, 0) is 132 Å². The molecule has 0 saturated carbocycles. The highest BCUT2D eigenvalue weighted by molar-refractivity contribution is 6.02. The number of furan rings is 1. The molecule has 1 heterocycles. The molecule has 0 aliphatic heterocycles. The van der Waals surface area contributed by atoms with Gasteiger partial charge in [-0.25, -0.2) is 0 Å². The van der Waals surface area contributed by atoms with E-state index in [1.54, 1.807) is 0 Å². The zero-order valence-corrected chi connectivity index (χ0v) is 36.2. The third-order valence-corrected chi connectivity index (χ3v) is 12.9. The Hall–Kier alpha value is -8.72. The molecular formula is C64H43NO. The van der Waals surface area contributed by atoms with Crippen LogP contribution in [-0.4, -0.2) is 0 Å². The molecule has 310 valence electrons. The molecule has 12 aromatic rings. The predicted octanol–water partition coefficient (Wildman–Crippen LogP) is 18.2. The third kappa shape index (κ3) is 7.31. The lowest BCUT2D eigenvalue weighted by atomic mass is 9.96. The summed E-state index contributed by atoms with van der Waals surface area (Å²) in [5.74, 6) is 0.878. The summed E-state index contributed by atoms with van der Waals surface area (Å²) in [6, 6.07) is 93.7. The summed E-state index contributed by atoms with van der Waals surface area (Å²) in [5, 5.41) is 6.10. The van der Waals surface area contributed by atoms with Crippen molar-refractivity contribution >= 4 is 49.6 Å². The fourth-order valence-corrected chi connectivity index (χ4v) is 9.55. The van der Waals surface area contributed by atoms with Gasteiger partial charge in [-0.1, -0.05) is 200 Å². The largest absolute Gasteiger partial charge is 0.455 e. The summed E-state index contributed by atoms with van der Waals surface area (Å²) in [6.07, 6.45) is 0. The standard InChI is InChI=1S/C64H43NO/c1-2-15-49(16-3-1)63-61-24-8-9-26-62(61)66-64(63)55-22-11-20-52(43-55)46-31-37-57(38-32-46)65(58-39-33-48(34-40-58)60-25-12-18-47-14-6-7-23-59(47)60)56-35-29-45(30-36-56)51-19-10-21-53(41-51)54-28-27-44-13-4-5-17-50(44)42-54/h1-43H. The molecule has 0 spiro atoms. The quantitative estimate of drug-likeness (QED) is 0.144. The number of nitrogens with zero attached hydrogens (tertiary/aromatic N) is 1. The Balaban J connectivity index is 0.900. The molecular weight excluding hydrogens is 799 g/mol. The SMILES string of the molecule is c1ccc(-c2c(-c3cccc(-c4ccc(N(c5ccc(-c6cccc(-c7ccc8ccccc8c7)c6)cc5)c5ccc(-c6cccc7ccccc67)cc5)cc4)c3)oc3ccccc23)cc1. The number of fused-ring (bicyclic) bond motifs is 3. The Bertz CT molecular complexity index is 3670. The van der Waals surface area contributed by atoms with Gasteiger partial charge >= 0.3 is 0 Å². The van der Waals surface area contributed by atoms with Gasteiger partial charge in [0.25, 0.3) is 0 Å². The minimum absolute atomic E-state index is 0.878. The van der Waals surface area contributed by atoms with E-state index in [0.717, 1.165) is 61.6 Å². The fraction of sp³-hybridized carbons (Fsp3) is 0. The molecule has 0 saturated heterocycles. The van der Waals surface area contributed by atoms with Gasteiger partial charge in [0.1, 0.15) is 11.3 Å². The first-order valence-corrected chi connectivity index (χ1v) is 22.6. The van der Waals surface area contributed by atoms with Crippen LogP contribution in [0.25, 0.3) is 99.5 Å². The fourth-order valence-electron chi connectivity index (χ4n) is 9.55. The number of hydrogen-bond acceptors (Lipinski definition) is 2. The zero-order chi connectivity index (χ0) is 43.8. The van der Waals surface area contributed by atoms with Gasteiger partial charge in [-0.2, -0.15) is 0 Å². The van der Waals surface area contributed by atoms with Crippen LogP contribution in [0, 0.1) is 0 Å². The topological polar surface area (TPSA) is 16.4 Å². The van der Waals surface area contributed by atoms with Gasteiger partial charge < -0.3 is 9.32 Å². The van der Waals surface area contributed by atoms with E-state index in [9.17, 15) is 0 Å². The molecule has 0 bridgehead atoms. The van der Waals surface area contributed by atoms with E-state index >= 15 is 0 Å². The van der Waals surface area contributed by atoms with Gasteiger partial charge in [-0.3, -0.25) is 0 Å². The van der Waals surface area contributed by atoms with Crippen LogP contribution in [-0.2, 0) is 0 Å². The number of para-hydroxylation sites is 1. The van der Waals surface area contributed by atoms with Crippen LogP contribution in [0.5, 0.6) is 0 Å². The molecule has 2 nitrogen and oxygen atoms in total. The lowest BCUT2D eigenvalue weighted by molar-refractivity contribution is 0.632. The molecule has 1 aromatic heterocycles. The molecule has 0 radical (unpaired) electrons. The van der Waals surface area contributed by atoms with Crippen molar-refractivity contribution in [3.05, 3.63) is 261 Å². The van der Waals surface area contributed by atoms with Crippen molar-refractivity contribution in [3.63, 3.8) is 0 Å². The lowest BCUT2D eigenvalue weighted by Crippen LogP contribution is -2.09. The number of rotatable bonds is 9. The second-order valence-electron chi connectivity index (χ2n) is 16.9. The lowest BCUT2D eigenvalue weighted by Gasteiger charge is -2.26. The van der Waals surface area contributed by atoms with Gasteiger partial charge in [0.15, 0.2) is 0 Å². The van der Waals surface area contributed by atoms with E-state index in [0.29, 0.717) is 0 Å². The highest BCUT2D eigenvalue weighted by atomic mass is 16.3. The number of anilines is 3. The average Bonchev–Trinajstić information content (AvgIpc) is 3.79. The summed E-state index contributed by atoms with van der Waals surface area (Å²) in [7, 11) is 0. The Labute approximate surface area is 384 Å². The maximum absolute atomic E-state index is 6.61. The summed E-state index contributed by atoms with van der Waals surface area (Å²) >= 11 is 0. The molecule has 0 unspecified atom stereocenters. The van der Waals surface area contributed by atoms with E-state index in [2.05, 4.69) is 260 Å². The van der Waals surface area contributed by atoms with Crippen molar-refractivity contribution in [2.24, 2.45) is 0 Å². The van der Waals surface area contributed by atoms with Crippen molar-refractivity contribution in [1.82, 2.24) is 0 Å². The minimum atomic E-state index is 0.878. The minimum Gasteiger partial charge on any atom is -0.455 e. The van der Waals surface area contributed by atoms with Crippen molar-refractivity contribution < 1.29 is 4.42 Å². The Morgan fingerprint density at radius 2 is 0.712 bits per heavy atom. The first-order chi connectivity index (χ1) is 32.7. The van der Waals surface area contributed by atoms with Gasteiger partial charge in [-0.15, -0.1) is 0 Å². The van der Waals surface area contributed by atoms with E-state index in [1.165, 1.54) is 54.9 Å². The Morgan fingerprint density at radius 1 is 0.258 bits per heavy atom. The van der Waals surface area contributed by atoms with Crippen LogP contribution in [0.15, 0.2) is 265 Å². The maximum Gasteiger partial charge on any atom is 0.143 e. The molecule has 0 fully saturated rings. The Morgan fingerprint density at radius 3 is 1.39 bits per heavy atom. The normalized spacial score (nSPS) is 11.3. The second-order valence-corrected chi connectivity index (χ2v) is 16.9. The second kappa shape index (κ2) is 16.8. The Kier molecular flexibility index (Phi) is 9.89. The molecule has 0 aliphatic rings. The summed E-state index contributed by atoms with van der Waals surface area (Å²) < 4.78 is 6.61. The molecule has 2 heteroatoms. The highest BCUT2D eigenvalue weighted by Crippen LogP contribution is 2.43. The smallest absolute Gasteiger partial charge is 0.143 e. The molecule has 0 atom stereocenters. The average molecular weight is 842 g/mol.